The van der Waals surface area contributed by atoms with Gasteiger partial charge in [0.2, 0.25) is 6.35 Å². The molecule has 1 aliphatic heterocycles. The molecule has 1 unspecified atom stereocenters. The van der Waals surface area contributed by atoms with E-state index in [9.17, 15) is 14.7 Å². The summed E-state index contributed by atoms with van der Waals surface area (Å²) in [6.07, 6.45) is -0.972. The van der Waals surface area contributed by atoms with Gasteiger partial charge in [0.1, 0.15) is 11.5 Å². The second-order valence-electron chi connectivity index (χ2n) is 3.53. The van der Waals surface area contributed by atoms with Crippen LogP contribution < -0.4 is 21.5 Å². The molecule has 0 saturated carbocycles. The number of rotatable bonds is 0. The van der Waals surface area contributed by atoms with Crippen molar-refractivity contribution in [3.05, 3.63) is 20.8 Å². The van der Waals surface area contributed by atoms with Gasteiger partial charge in [0, 0.05) is 21.1 Å². The van der Waals surface area contributed by atoms with Crippen molar-refractivity contribution in [3.63, 3.8) is 0 Å². The molecule has 1 aromatic rings. The summed E-state index contributed by atoms with van der Waals surface area (Å²) in [6.45, 7) is 0. The van der Waals surface area contributed by atoms with Crippen molar-refractivity contribution in [2.75, 3.05) is 17.3 Å². The number of aliphatic hydroxyl groups excluding tert-OH is 1. The van der Waals surface area contributed by atoms with E-state index in [4.69, 9.17) is 0 Å². The van der Waals surface area contributed by atoms with Gasteiger partial charge in [-0.15, -0.1) is 0 Å². The summed E-state index contributed by atoms with van der Waals surface area (Å²) in [5, 5.41) is 12.2. The maximum Gasteiger partial charge on any atom is 0.332 e. The molecule has 0 radical (unpaired) electrons. The Balaban J connectivity index is 2.87. The monoisotopic (exact) mass is 212 g/mol. The van der Waals surface area contributed by atoms with Gasteiger partial charge in [-0.3, -0.25) is 13.9 Å². The standard InChI is InChI=1S/C8H12N4O3/c1-10-4-5(9-7(10)14)11(2)8(15)12(3)6(4)13/h7,9,14H,1-3H3. The predicted molar refractivity (Wildman–Crippen MR) is 55.0 cm³/mol. The van der Waals surface area contributed by atoms with Gasteiger partial charge in [0.05, 0.1) is 0 Å². The number of aliphatic hydroxyl groups is 1. The zero-order valence-corrected chi connectivity index (χ0v) is 8.68. The molecule has 0 fully saturated rings. The van der Waals surface area contributed by atoms with E-state index in [0.717, 1.165) is 4.57 Å². The topological polar surface area (TPSA) is 79.5 Å². The molecule has 1 aromatic heterocycles. The van der Waals surface area contributed by atoms with Crippen LogP contribution in [-0.2, 0) is 14.1 Å². The number of aromatic nitrogens is 2. The molecule has 82 valence electrons. The number of hydrogen-bond donors (Lipinski definition) is 2. The van der Waals surface area contributed by atoms with Gasteiger partial charge in [-0.05, 0) is 0 Å². The molecule has 1 aliphatic rings. The molecule has 7 nitrogen and oxygen atoms in total. The highest BCUT2D eigenvalue weighted by molar-refractivity contribution is 5.70. The molecule has 15 heavy (non-hydrogen) atoms. The minimum atomic E-state index is -0.972. The zero-order chi connectivity index (χ0) is 11.3. The highest BCUT2D eigenvalue weighted by Gasteiger charge is 2.30. The molecule has 7 heteroatoms. The number of fused-ring (bicyclic) bond motifs is 1. The second kappa shape index (κ2) is 2.86. The molecule has 1 atom stereocenters. The average Bonchev–Trinajstić information content (AvgIpc) is 2.50. The fourth-order valence-electron chi connectivity index (χ4n) is 1.65. The Morgan fingerprint density at radius 3 is 2.40 bits per heavy atom. The smallest absolute Gasteiger partial charge is 0.332 e. The van der Waals surface area contributed by atoms with Crippen LogP contribution >= 0.6 is 0 Å². The van der Waals surface area contributed by atoms with E-state index in [2.05, 4.69) is 5.32 Å². The van der Waals surface area contributed by atoms with Crippen molar-refractivity contribution >= 4 is 11.5 Å². The molecule has 0 aromatic carbocycles. The Labute approximate surface area is 85.2 Å². The van der Waals surface area contributed by atoms with Crippen LogP contribution in [0.5, 0.6) is 0 Å². The molecule has 0 bridgehead atoms. The minimum absolute atomic E-state index is 0.298. The van der Waals surface area contributed by atoms with Gasteiger partial charge in [-0.2, -0.15) is 0 Å². The summed E-state index contributed by atoms with van der Waals surface area (Å²) in [4.78, 5) is 24.7. The molecule has 2 rings (SSSR count). The van der Waals surface area contributed by atoms with Crippen LogP contribution in [0.15, 0.2) is 9.59 Å². The number of hydrogen-bond acceptors (Lipinski definition) is 5. The third-order valence-electron chi connectivity index (χ3n) is 2.63. The van der Waals surface area contributed by atoms with E-state index >= 15 is 0 Å². The molecule has 0 aliphatic carbocycles. The van der Waals surface area contributed by atoms with Crippen molar-refractivity contribution < 1.29 is 5.11 Å². The Kier molecular flexibility index (Phi) is 1.87. The van der Waals surface area contributed by atoms with Gasteiger partial charge in [-0.1, -0.05) is 0 Å². The van der Waals surface area contributed by atoms with E-state index < -0.39 is 17.6 Å². The Morgan fingerprint density at radius 1 is 1.20 bits per heavy atom. The fourth-order valence-corrected chi connectivity index (χ4v) is 1.65. The van der Waals surface area contributed by atoms with Crippen molar-refractivity contribution in [3.8, 4) is 0 Å². The summed E-state index contributed by atoms with van der Waals surface area (Å²) < 4.78 is 2.30. The maximum absolute atomic E-state index is 11.7. The lowest BCUT2D eigenvalue weighted by Crippen LogP contribution is -2.39. The summed E-state index contributed by atoms with van der Waals surface area (Å²) in [6, 6.07) is 0. The molecule has 2 heterocycles. The van der Waals surface area contributed by atoms with Crippen LogP contribution in [-0.4, -0.2) is 27.6 Å². The normalized spacial score (nSPS) is 18.9. The first kappa shape index (κ1) is 9.78. The second-order valence-corrected chi connectivity index (χ2v) is 3.53. The lowest BCUT2D eigenvalue weighted by atomic mass is 10.4. The van der Waals surface area contributed by atoms with Gasteiger partial charge in [-0.25, -0.2) is 4.79 Å². The lowest BCUT2D eigenvalue weighted by Gasteiger charge is -2.14. The first-order valence-electron chi connectivity index (χ1n) is 4.42. The number of anilines is 2. The van der Waals surface area contributed by atoms with Crippen molar-refractivity contribution in [1.82, 2.24) is 9.13 Å². The average molecular weight is 212 g/mol. The first-order chi connectivity index (χ1) is 6.95. The third kappa shape index (κ3) is 1.09. The maximum atomic E-state index is 11.7. The SMILES string of the molecule is CN1c2c(n(C)c(=O)n(C)c2=O)NC1O. The minimum Gasteiger partial charge on any atom is -0.356 e. The molecule has 0 saturated heterocycles. The van der Waals surface area contributed by atoms with Crippen molar-refractivity contribution in [2.45, 2.75) is 6.35 Å². The van der Waals surface area contributed by atoms with Gasteiger partial charge < -0.3 is 15.3 Å². The van der Waals surface area contributed by atoms with E-state index in [1.165, 1.54) is 16.5 Å². The molecular formula is C8H12N4O3. The van der Waals surface area contributed by atoms with Gasteiger partial charge in [0.15, 0.2) is 0 Å². The van der Waals surface area contributed by atoms with E-state index in [0.29, 0.717) is 11.5 Å². The van der Waals surface area contributed by atoms with Crippen LogP contribution in [0.4, 0.5) is 11.5 Å². The van der Waals surface area contributed by atoms with Crippen LogP contribution in [0.1, 0.15) is 0 Å². The van der Waals surface area contributed by atoms with E-state index in [-0.39, 0.29) is 0 Å². The Bertz CT molecular complexity index is 530. The fraction of sp³-hybridized carbons (Fsp3) is 0.500. The van der Waals surface area contributed by atoms with Gasteiger partial charge >= 0.3 is 5.69 Å². The Morgan fingerprint density at radius 2 is 1.80 bits per heavy atom. The van der Waals surface area contributed by atoms with Crippen LogP contribution in [0.2, 0.25) is 0 Å². The molecule has 0 spiro atoms. The Hall–Kier alpha value is -1.76. The largest absolute Gasteiger partial charge is 0.356 e. The van der Waals surface area contributed by atoms with Crippen molar-refractivity contribution in [2.24, 2.45) is 14.1 Å². The van der Waals surface area contributed by atoms with Gasteiger partial charge in [0.25, 0.3) is 5.56 Å². The summed E-state index contributed by atoms with van der Waals surface area (Å²) in [5.41, 5.74) is -0.541. The first-order valence-corrected chi connectivity index (χ1v) is 4.42. The quantitative estimate of drug-likeness (QED) is 0.531. The van der Waals surface area contributed by atoms with Crippen LogP contribution in [0.25, 0.3) is 0 Å². The highest BCUT2D eigenvalue weighted by atomic mass is 16.3. The lowest BCUT2D eigenvalue weighted by molar-refractivity contribution is 0.210. The number of nitrogens with zero attached hydrogens (tertiary/aromatic N) is 3. The number of nitrogens with one attached hydrogen (secondary N) is 1. The van der Waals surface area contributed by atoms with Crippen LogP contribution in [0, 0.1) is 0 Å². The predicted octanol–water partition coefficient (Wildman–Crippen LogP) is -1.78. The zero-order valence-electron chi connectivity index (χ0n) is 8.68. The summed E-state index contributed by atoms with van der Waals surface area (Å²) in [5.74, 6) is 0.345. The molecule has 2 N–H and O–H groups in total. The summed E-state index contributed by atoms with van der Waals surface area (Å²) in [7, 11) is 4.53. The van der Waals surface area contributed by atoms with E-state index in [1.807, 2.05) is 0 Å². The molecular weight excluding hydrogens is 200 g/mol. The summed E-state index contributed by atoms with van der Waals surface area (Å²) >= 11 is 0. The highest BCUT2D eigenvalue weighted by Crippen LogP contribution is 2.26. The van der Waals surface area contributed by atoms with E-state index in [1.54, 1.807) is 14.1 Å². The molecule has 0 amide bonds. The van der Waals surface area contributed by atoms with Crippen molar-refractivity contribution in [1.29, 1.82) is 0 Å². The van der Waals surface area contributed by atoms with Crippen LogP contribution in [0.3, 0.4) is 0 Å². The third-order valence-corrected chi connectivity index (χ3v) is 2.63.